The van der Waals surface area contributed by atoms with E-state index in [0.29, 0.717) is 24.4 Å². The third kappa shape index (κ3) is 2.85. The Labute approximate surface area is 104 Å². The number of nitrogens with one attached hydrogen (secondary N) is 1. The van der Waals surface area contributed by atoms with Crippen LogP contribution in [0.25, 0.3) is 0 Å². The third-order valence-corrected chi connectivity index (χ3v) is 2.49. The second kappa shape index (κ2) is 5.31. The maximum Gasteiger partial charge on any atom is 0.251 e. The number of rotatable bonds is 4. The standard InChI is InChI=1S/C12H13N3O3/c1-8-6-9(16)2-3-10(8)12(17)13-5-4-11-14-7-15-18-11/h2-3,6-7,16H,4-5H2,1H3,(H,13,17). The molecule has 0 fully saturated rings. The van der Waals surface area contributed by atoms with Gasteiger partial charge in [-0.15, -0.1) is 0 Å². The first-order valence-corrected chi connectivity index (χ1v) is 5.50. The van der Waals surface area contributed by atoms with Crippen LogP contribution in [-0.2, 0) is 6.42 Å². The number of nitrogens with zero attached hydrogens (tertiary/aromatic N) is 2. The van der Waals surface area contributed by atoms with Crippen molar-refractivity contribution in [3.8, 4) is 5.75 Å². The van der Waals surface area contributed by atoms with Crippen molar-refractivity contribution in [3.05, 3.63) is 41.5 Å². The molecule has 0 aliphatic heterocycles. The highest BCUT2D eigenvalue weighted by Crippen LogP contribution is 2.15. The number of hydrogen-bond donors (Lipinski definition) is 2. The highest BCUT2D eigenvalue weighted by Gasteiger charge is 2.09. The number of phenols is 1. The molecule has 94 valence electrons. The van der Waals surface area contributed by atoms with Gasteiger partial charge in [0.25, 0.3) is 5.91 Å². The molecule has 1 heterocycles. The van der Waals surface area contributed by atoms with Crippen LogP contribution in [0.1, 0.15) is 21.8 Å². The molecule has 2 rings (SSSR count). The smallest absolute Gasteiger partial charge is 0.251 e. The maximum atomic E-state index is 11.8. The van der Waals surface area contributed by atoms with Gasteiger partial charge in [-0.2, -0.15) is 4.98 Å². The number of hydrogen-bond acceptors (Lipinski definition) is 5. The Hall–Kier alpha value is -2.37. The number of aromatic nitrogens is 2. The molecule has 0 aliphatic carbocycles. The Balaban J connectivity index is 1.91. The molecule has 0 saturated heterocycles. The molecular formula is C12H13N3O3. The molecule has 18 heavy (non-hydrogen) atoms. The van der Waals surface area contributed by atoms with Crippen molar-refractivity contribution < 1.29 is 14.4 Å². The summed E-state index contributed by atoms with van der Waals surface area (Å²) in [6.45, 7) is 2.19. The van der Waals surface area contributed by atoms with Gasteiger partial charge in [0, 0.05) is 18.5 Å². The molecule has 0 bridgehead atoms. The van der Waals surface area contributed by atoms with Gasteiger partial charge in [-0.05, 0) is 30.7 Å². The van der Waals surface area contributed by atoms with Crippen LogP contribution in [0.2, 0.25) is 0 Å². The highest BCUT2D eigenvalue weighted by atomic mass is 16.5. The summed E-state index contributed by atoms with van der Waals surface area (Å²) in [6.07, 6.45) is 1.81. The lowest BCUT2D eigenvalue weighted by molar-refractivity contribution is 0.0953. The highest BCUT2D eigenvalue weighted by molar-refractivity contribution is 5.95. The molecule has 1 aromatic heterocycles. The fraction of sp³-hybridized carbons (Fsp3) is 0.250. The van der Waals surface area contributed by atoms with Crippen LogP contribution >= 0.6 is 0 Å². The topological polar surface area (TPSA) is 88.2 Å². The molecule has 0 radical (unpaired) electrons. The quantitative estimate of drug-likeness (QED) is 0.843. The summed E-state index contributed by atoms with van der Waals surface area (Å²) in [5.74, 6) is 0.444. The lowest BCUT2D eigenvalue weighted by Crippen LogP contribution is -2.26. The third-order valence-electron chi connectivity index (χ3n) is 2.49. The fourth-order valence-electron chi connectivity index (χ4n) is 1.59. The van der Waals surface area contributed by atoms with Gasteiger partial charge in [0.05, 0.1) is 0 Å². The minimum Gasteiger partial charge on any atom is -0.508 e. The van der Waals surface area contributed by atoms with E-state index < -0.39 is 0 Å². The Morgan fingerprint density at radius 2 is 2.33 bits per heavy atom. The van der Waals surface area contributed by atoms with Crippen molar-refractivity contribution in [1.29, 1.82) is 0 Å². The van der Waals surface area contributed by atoms with Gasteiger partial charge in [0.2, 0.25) is 5.89 Å². The van der Waals surface area contributed by atoms with Crippen molar-refractivity contribution >= 4 is 5.91 Å². The number of aromatic hydroxyl groups is 1. The summed E-state index contributed by atoms with van der Waals surface area (Å²) in [6, 6.07) is 4.62. The van der Waals surface area contributed by atoms with Crippen molar-refractivity contribution in [2.75, 3.05) is 6.54 Å². The average Bonchev–Trinajstić information content (AvgIpc) is 2.81. The minimum absolute atomic E-state index is 0.148. The largest absolute Gasteiger partial charge is 0.508 e. The molecule has 0 spiro atoms. The monoisotopic (exact) mass is 247 g/mol. The van der Waals surface area contributed by atoms with Crippen molar-refractivity contribution in [2.45, 2.75) is 13.3 Å². The summed E-state index contributed by atoms with van der Waals surface area (Å²) in [7, 11) is 0. The van der Waals surface area contributed by atoms with E-state index in [0.717, 1.165) is 5.56 Å². The molecule has 2 aromatic rings. The Bertz CT molecular complexity index is 538. The Kier molecular flexibility index (Phi) is 3.57. The van der Waals surface area contributed by atoms with Gasteiger partial charge in [-0.3, -0.25) is 4.79 Å². The van der Waals surface area contributed by atoms with Gasteiger partial charge in [-0.25, -0.2) is 0 Å². The second-order valence-electron chi connectivity index (χ2n) is 3.84. The van der Waals surface area contributed by atoms with Crippen molar-refractivity contribution in [1.82, 2.24) is 15.5 Å². The van der Waals surface area contributed by atoms with Crippen molar-refractivity contribution in [3.63, 3.8) is 0 Å². The van der Waals surface area contributed by atoms with Crippen LogP contribution in [-0.4, -0.2) is 27.7 Å². The van der Waals surface area contributed by atoms with E-state index in [1.807, 2.05) is 0 Å². The SMILES string of the molecule is Cc1cc(O)ccc1C(=O)NCCc1ncno1. The summed E-state index contributed by atoms with van der Waals surface area (Å²) in [5.41, 5.74) is 1.27. The maximum absolute atomic E-state index is 11.8. The van der Waals surface area contributed by atoms with Crippen LogP contribution in [0.3, 0.4) is 0 Å². The normalized spacial score (nSPS) is 10.3. The molecule has 1 aromatic carbocycles. The summed E-state index contributed by atoms with van der Waals surface area (Å²) < 4.78 is 4.82. The zero-order valence-electron chi connectivity index (χ0n) is 9.88. The van der Waals surface area contributed by atoms with Gasteiger partial charge in [0.1, 0.15) is 5.75 Å². The van der Waals surface area contributed by atoms with Gasteiger partial charge < -0.3 is 14.9 Å². The molecule has 6 nitrogen and oxygen atoms in total. The molecule has 0 unspecified atom stereocenters. The number of aryl methyl sites for hydroxylation is 1. The van der Waals surface area contributed by atoms with Gasteiger partial charge in [0.15, 0.2) is 6.33 Å². The first-order chi connectivity index (χ1) is 8.66. The summed E-state index contributed by atoms with van der Waals surface area (Å²) in [4.78, 5) is 15.7. The molecular weight excluding hydrogens is 234 g/mol. The second-order valence-corrected chi connectivity index (χ2v) is 3.84. The zero-order valence-corrected chi connectivity index (χ0v) is 9.88. The Morgan fingerprint density at radius 3 is 3.00 bits per heavy atom. The van der Waals surface area contributed by atoms with E-state index in [1.54, 1.807) is 19.1 Å². The van der Waals surface area contributed by atoms with E-state index in [9.17, 15) is 9.90 Å². The number of benzene rings is 1. The lowest BCUT2D eigenvalue weighted by atomic mass is 10.1. The minimum atomic E-state index is -0.188. The van der Waals surface area contributed by atoms with E-state index in [2.05, 4.69) is 15.5 Å². The van der Waals surface area contributed by atoms with Gasteiger partial charge in [-0.1, -0.05) is 5.16 Å². The first-order valence-electron chi connectivity index (χ1n) is 5.50. The van der Waals surface area contributed by atoms with Crippen LogP contribution in [0.5, 0.6) is 5.75 Å². The fourth-order valence-corrected chi connectivity index (χ4v) is 1.59. The predicted molar refractivity (Wildman–Crippen MR) is 63.2 cm³/mol. The van der Waals surface area contributed by atoms with E-state index in [1.165, 1.54) is 12.4 Å². The van der Waals surface area contributed by atoms with E-state index in [4.69, 9.17) is 4.52 Å². The van der Waals surface area contributed by atoms with Gasteiger partial charge >= 0.3 is 0 Å². The molecule has 0 saturated carbocycles. The number of amides is 1. The molecule has 0 aliphatic rings. The van der Waals surface area contributed by atoms with Crippen LogP contribution in [0.4, 0.5) is 0 Å². The number of carbonyl (C=O) groups is 1. The summed E-state index contributed by atoms with van der Waals surface area (Å²) >= 11 is 0. The first kappa shape index (κ1) is 12.1. The average molecular weight is 247 g/mol. The molecule has 6 heteroatoms. The van der Waals surface area contributed by atoms with Crippen LogP contribution in [0.15, 0.2) is 29.0 Å². The predicted octanol–water partition coefficient (Wildman–Crippen LogP) is 1.06. The summed E-state index contributed by atoms with van der Waals surface area (Å²) in [5, 5.41) is 15.5. The Morgan fingerprint density at radius 1 is 1.50 bits per heavy atom. The van der Waals surface area contributed by atoms with Crippen molar-refractivity contribution in [2.24, 2.45) is 0 Å². The van der Waals surface area contributed by atoms with E-state index >= 15 is 0 Å². The lowest BCUT2D eigenvalue weighted by Gasteiger charge is -2.06. The number of phenolic OH excluding ortho intramolecular Hbond substituents is 1. The van der Waals surface area contributed by atoms with Crippen LogP contribution in [0, 0.1) is 6.92 Å². The van der Waals surface area contributed by atoms with E-state index in [-0.39, 0.29) is 11.7 Å². The van der Waals surface area contributed by atoms with Crippen LogP contribution < -0.4 is 5.32 Å². The zero-order chi connectivity index (χ0) is 13.0. The number of carbonyl (C=O) groups excluding carboxylic acids is 1. The molecule has 2 N–H and O–H groups in total. The molecule has 1 amide bonds. The molecule has 0 atom stereocenters.